The van der Waals surface area contributed by atoms with E-state index in [0.717, 1.165) is 0 Å². The number of hydrogen-bond acceptors (Lipinski definition) is 9. The SMILES string of the molecule is CC(=O)OC[C@@H]1OC[C@H](OC(C)=O)[C@@H](OC(C)=O)[C@@H]1OC(C)=O. The van der Waals surface area contributed by atoms with Gasteiger partial charge < -0.3 is 23.7 Å². The lowest BCUT2D eigenvalue weighted by atomic mass is 9.99. The molecule has 0 bridgehead atoms. The lowest BCUT2D eigenvalue weighted by molar-refractivity contribution is -0.231. The third kappa shape index (κ3) is 6.23. The highest BCUT2D eigenvalue weighted by molar-refractivity contribution is 5.68. The molecule has 0 N–H and O–H groups in total. The van der Waals surface area contributed by atoms with Crippen LogP contribution in [0.1, 0.15) is 27.7 Å². The number of ether oxygens (including phenoxy) is 5. The molecule has 0 radical (unpaired) electrons. The molecule has 1 fully saturated rings. The summed E-state index contributed by atoms with van der Waals surface area (Å²) >= 11 is 0. The Hall–Kier alpha value is -2.16. The summed E-state index contributed by atoms with van der Waals surface area (Å²) in [6.07, 6.45) is -3.92. The molecule has 9 heteroatoms. The largest absolute Gasteiger partial charge is 0.463 e. The van der Waals surface area contributed by atoms with E-state index in [2.05, 4.69) is 0 Å². The summed E-state index contributed by atoms with van der Waals surface area (Å²) < 4.78 is 25.6. The molecule has 1 heterocycles. The normalized spacial score (nSPS) is 26.8. The molecule has 0 aromatic rings. The molecule has 1 aliphatic rings. The summed E-state index contributed by atoms with van der Waals surface area (Å²) in [5, 5.41) is 0. The van der Waals surface area contributed by atoms with E-state index >= 15 is 0 Å². The Labute approximate surface area is 133 Å². The molecule has 0 saturated carbocycles. The molecule has 0 spiro atoms. The van der Waals surface area contributed by atoms with Gasteiger partial charge in [-0.3, -0.25) is 19.2 Å². The van der Waals surface area contributed by atoms with Gasteiger partial charge >= 0.3 is 23.9 Å². The third-order valence-corrected chi connectivity index (χ3v) is 2.90. The minimum absolute atomic E-state index is 0.0960. The van der Waals surface area contributed by atoms with Crippen molar-refractivity contribution < 1.29 is 42.9 Å². The third-order valence-electron chi connectivity index (χ3n) is 2.90. The average Bonchev–Trinajstić information content (AvgIpc) is 2.39. The van der Waals surface area contributed by atoms with Crippen molar-refractivity contribution >= 4 is 23.9 Å². The first-order chi connectivity index (χ1) is 10.7. The standard InChI is InChI=1S/C14H20O9/c1-7(15)19-5-11-13(22-9(3)17)14(23-10(4)18)12(6-20-11)21-8(2)16/h11-14H,5-6H2,1-4H3/t11-,12-,13+,14+/m0/s1. The molecule has 1 rings (SSSR count). The smallest absolute Gasteiger partial charge is 0.303 e. The summed E-state index contributed by atoms with van der Waals surface area (Å²) in [7, 11) is 0. The topological polar surface area (TPSA) is 114 Å². The molecular weight excluding hydrogens is 312 g/mol. The van der Waals surface area contributed by atoms with Crippen LogP contribution >= 0.6 is 0 Å². The predicted octanol–water partition coefficient (Wildman–Crippen LogP) is -0.257. The molecule has 0 unspecified atom stereocenters. The highest BCUT2D eigenvalue weighted by Crippen LogP contribution is 2.24. The van der Waals surface area contributed by atoms with Crippen molar-refractivity contribution in [2.45, 2.75) is 52.1 Å². The van der Waals surface area contributed by atoms with Crippen LogP contribution in [-0.4, -0.2) is 61.5 Å². The lowest BCUT2D eigenvalue weighted by Crippen LogP contribution is -2.58. The highest BCUT2D eigenvalue weighted by atomic mass is 16.7. The van der Waals surface area contributed by atoms with Gasteiger partial charge in [-0.25, -0.2) is 0 Å². The van der Waals surface area contributed by atoms with Crippen LogP contribution in [0, 0.1) is 0 Å². The summed E-state index contributed by atoms with van der Waals surface area (Å²) in [5.41, 5.74) is 0. The Morgan fingerprint density at radius 2 is 1.35 bits per heavy atom. The molecule has 0 amide bonds. The molecule has 0 aliphatic carbocycles. The minimum atomic E-state index is -1.08. The molecule has 23 heavy (non-hydrogen) atoms. The monoisotopic (exact) mass is 332 g/mol. The van der Waals surface area contributed by atoms with E-state index in [1.807, 2.05) is 0 Å². The van der Waals surface area contributed by atoms with Gasteiger partial charge in [-0.05, 0) is 0 Å². The molecule has 4 atom stereocenters. The predicted molar refractivity (Wildman–Crippen MR) is 73.0 cm³/mol. The van der Waals surface area contributed by atoms with E-state index in [1.54, 1.807) is 0 Å². The van der Waals surface area contributed by atoms with E-state index in [9.17, 15) is 19.2 Å². The van der Waals surface area contributed by atoms with Gasteiger partial charge in [0.15, 0.2) is 18.3 Å². The molecule has 9 nitrogen and oxygen atoms in total. The number of carbonyl (C=O) groups excluding carboxylic acids is 4. The van der Waals surface area contributed by atoms with Crippen LogP contribution in [0.4, 0.5) is 0 Å². The second kappa shape index (κ2) is 8.47. The van der Waals surface area contributed by atoms with E-state index in [4.69, 9.17) is 23.7 Å². The van der Waals surface area contributed by atoms with E-state index in [0.29, 0.717) is 0 Å². The van der Waals surface area contributed by atoms with Crippen molar-refractivity contribution in [2.24, 2.45) is 0 Å². The Morgan fingerprint density at radius 1 is 0.826 bits per heavy atom. The molecular formula is C14H20O9. The molecule has 1 saturated heterocycles. The minimum Gasteiger partial charge on any atom is -0.463 e. The summed E-state index contributed by atoms with van der Waals surface area (Å²) in [6, 6.07) is 0. The first-order valence-electron chi connectivity index (χ1n) is 6.97. The zero-order chi connectivity index (χ0) is 17.6. The zero-order valence-corrected chi connectivity index (χ0v) is 13.4. The van der Waals surface area contributed by atoms with Gasteiger partial charge in [0.2, 0.25) is 0 Å². The van der Waals surface area contributed by atoms with Crippen LogP contribution in [0.25, 0.3) is 0 Å². The van der Waals surface area contributed by atoms with Crippen molar-refractivity contribution in [2.75, 3.05) is 13.2 Å². The van der Waals surface area contributed by atoms with Gasteiger partial charge in [0.05, 0.1) is 6.61 Å². The maximum absolute atomic E-state index is 11.3. The first kappa shape index (κ1) is 18.9. The summed E-state index contributed by atoms with van der Waals surface area (Å²) in [4.78, 5) is 44.8. The molecule has 130 valence electrons. The van der Waals surface area contributed by atoms with Gasteiger partial charge in [0.1, 0.15) is 12.7 Å². The molecule has 0 aromatic heterocycles. The first-order valence-corrected chi connectivity index (χ1v) is 6.97. The van der Waals surface area contributed by atoms with E-state index < -0.39 is 48.3 Å². The Morgan fingerprint density at radius 3 is 1.83 bits per heavy atom. The van der Waals surface area contributed by atoms with Gasteiger partial charge in [-0.2, -0.15) is 0 Å². The zero-order valence-electron chi connectivity index (χ0n) is 13.4. The average molecular weight is 332 g/mol. The van der Waals surface area contributed by atoms with Gasteiger partial charge in [-0.1, -0.05) is 0 Å². The van der Waals surface area contributed by atoms with Crippen molar-refractivity contribution in [3.8, 4) is 0 Å². The maximum Gasteiger partial charge on any atom is 0.303 e. The second-order valence-electron chi connectivity index (χ2n) is 4.97. The van der Waals surface area contributed by atoms with Crippen molar-refractivity contribution in [1.29, 1.82) is 0 Å². The van der Waals surface area contributed by atoms with Crippen LogP contribution in [0.3, 0.4) is 0 Å². The van der Waals surface area contributed by atoms with Crippen molar-refractivity contribution in [1.82, 2.24) is 0 Å². The number of hydrogen-bond donors (Lipinski definition) is 0. The van der Waals surface area contributed by atoms with E-state index in [1.165, 1.54) is 27.7 Å². The van der Waals surface area contributed by atoms with Crippen LogP contribution in [0.2, 0.25) is 0 Å². The fourth-order valence-corrected chi connectivity index (χ4v) is 2.16. The van der Waals surface area contributed by atoms with Gasteiger partial charge in [0.25, 0.3) is 0 Å². The number of esters is 4. The van der Waals surface area contributed by atoms with Crippen LogP contribution < -0.4 is 0 Å². The fourth-order valence-electron chi connectivity index (χ4n) is 2.16. The summed E-state index contributed by atoms with van der Waals surface area (Å²) in [6.45, 7) is 4.46. The Kier molecular flexibility index (Phi) is 6.95. The van der Waals surface area contributed by atoms with Gasteiger partial charge in [0, 0.05) is 27.7 Å². The van der Waals surface area contributed by atoms with Crippen LogP contribution in [0.5, 0.6) is 0 Å². The fraction of sp³-hybridized carbons (Fsp3) is 0.714. The van der Waals surface area contributed by atoms with Crippen molar-refractivity contribution in [3.05, 3.63) is 0 Å². The molecule has 0 aromatic carbocycles. The van der Waals surface area contributed by atoms with Crippen molar-refractivity contribution in [3.63, 3.8) is 0 Å². The highest BCUT2D eigenvalue weighted by Gasteiger charge is 2.47. The van der Waals surface area contributed by atoms with Crippen LogP contribution in [-0.2, 0) is 42.9 Å². The Balaban J connectivity index is 2.98. The quantitative estimate of drug-likeness (QED) is 0.496. The Bertz CT molecular complexity index is 473. The molecule has 1 aliphatic heterocycles. The summed E-state index contributed by atoms with van der Waals surface area (Å²) in [5.74, 6) is -2.43. The number of carbonyl (C=O) groups is 4. The van der Waals surface area contributed by atoms with Gasteiger partial charge in [-0.15, -0.1) is 0 Å². The lowest BCUT2D eigenvalue weighted by Gasteiger charge is -2.40. The van der Waals surface area contributed by atoms with Crippen LogP contribution in [0.15, 0.2) is 0 Å². The maximum atomic E-state index is 11.3. The number of rotatable bonds is 5. The van der Waals surface area contributed by atoms with E-state index in [-0.39, 0.29) is 13.2 Å². The second-order valence-corrected chi connectivity index (χ2v) is 4.97.